The van der Waals surface area contributed by atoms with Crippen molar-refractivity contribution < 1.29 is 9.63 Å². The first-order valence-electron chi connectivity index (χ1n) is 11.2. The Labute approximate surface area is 191 Å². The third-order valence-corrected chi connectivity index (χ3v) is 6.57. The van der Waals surface area contributed by atoms with Crippen LogP contribution in [0.2, 0.25) is 0 Å². The summed E-state index contributed by atoms with van der Waals surface area (Å²) in [5.41, 5.74) is 2.49. The number of carbonyl (C=O) groups excluding carboxylic acids is 1. The van der Waals surface area contributed by atoms with Crippen molar-refractivity contribution in [3.05, 3.63) is 53.6 Å². The van der Waals surface area contributed by atoms with E-state index < -0.39 is 0 Å². The first-order valence-corrected chi connectivity index (χ1v) is 11.2. The van der Waals surface area contributed by atoms with Gasteiger partial charge in [-0.15, -0.1) is 0 Å². The lowest BCUT2D eigenvalue weighted by Crippen LogP contribution is -2.37. The molecule has 2 aliphatic rings. The van der Waals surface area contributed by atoms with Gasteiger partial charge in [0.2, 0.25) is 5.91 Å². The van der Waals surface area contributed by atoms with Gasteiger partial charge in [-0.2, -0.15) is 15.6 Å². The Morgan fingerprint density at radius 2 is 1.85 bits per heavy atom. The summed E-state index contributed by atoms with van der Waals surface area (Å²) >= 11 is 0. The molecule has 1 aliphatic carbocycles. The van der Waals surface area contributed by atoms with Crippen molar-refractivity contribution in [3.8, 4) is 12.1 Å². The Morgan fingerprint density at radius 1 is 1.06 bits per heavy atom. The lowest BCUT2D eigenvalue weighted by Gasteiger charge is -2.31. The second-order valence-corrected chi connectivity index (χ2v) is 8.74. The standard InChI is InChI=1S/C24H23N7O2/c25-9-17-7-20(13-27-11-17)22-5-6-33-31(22)24(32)19-3-1-16(2-4-19)14-30-15-21-8-18(10-26)12-28-23(21)29-30/h7-8,11-13,15-16,19,22H,1-6,14H2/t16?,19?,22-/m0/s1. The summed E-state index contributed by atoms with van der Waals surface area (Å²) in [7, 11) is 0. The minimum atomic E-state index is -0.196. The fourth-order valence-corrected chi connectivity index (χ4v) is 4.85. The van der Waals surface area contributed by atoms with Crippen LogP contribution in [0.3, 0.4) is 0 Å². The second kappa shape index (κ2) is 8.97. The van der Waals surface area contributed by atoms with Crippen LogP contribution in [0.1, 0.15) is 54.8 Å². The van der Waals surface area contributed by atoms with E-state index in [2.05, 4.69) is 27.2 Å². The highest BCUT2D eigenvalue weighted by atomic mass is 16.7. The zero-order valence-electron chi connectivity index (χ0n) is 18.1. The Kier molecular flexibility index (Phi) is 5.72. The number of aromatic nitrogens is 4. The van der Waals surface area contributed by atoms with Crippen molar-refractivity contribution in [2.45, 2.75) is 44.7 Å². The van der Waals surface area contributed by atoms with Crippen molar-refractivity contribution in [2.75, 3.05) is 6.61 Å². The van der Waals surface area contributed by atoms with Crippen molar-refractivity contribution in [1.29, 1.82) is 10.5 Å². The molecule has 0 N–H and O–H groups in total. The number of hydrogen-bond acceptors (Lipinski definition) is 7. The molecule has 0 unspecified atom stereocenters. The minimum Gasteiger partial charge on any atom is -0.272 e. The normalized spacial score (nSPS) is 22.7. The van der Waals surface area contributed by atoms with E-state index in [-0.39, 0.29) is 17.9 Å². The first kappa shape index (κ1) is 21.0. The number of hydroxylamine groups is 2. The molecule has 0 aromatic carbocycles. The Morgan fingerprint density at radius 3 is 2.64 bits per heavy atom. The highest BCUT2D eigenvalue weighted by Gasteiger charge is 2.37. The second-order valence-electron chi connectivity index (χ2n) is 8.74. The quantitative estimate of drug-likeness (QED) is 0.609. The molecule has 1 aliphatic heterocycles. The van der Waals surface area contributed by atoms with Gasteiger partial charge in [0.1, 0.15) is 12.1 Å². The third kappa shape index (κ3) is 4.28. The van der Waals surface area contributed by atoms with E-state index in [1.807, 2.05) is 10.9 Å². The molecule has 1 atom stereocenters. The molecule has 9 heteroatoms. The van der Waals surface area contributed by atoms with Crippen molar-refractivity contribution >= 4 is 16.9 Å². The lowest BCUT2D eigenvalue weighted by atomic mass is 9.81. The van der Waals surface area contributed by atoms with E-state index in [0.29, 0.717) is 35.7 Å². The number of nitrogens with zero attached hydrogens (tertiary/aromatic N) is 7. The maximum atomic E-state index is 13.2. The minimum absolute atomic E-state index is 0.0244. The molecular formula is C24H23N7O2. The molecule has 166 valence electrons. The van der Waals surface area contributed by atoms with Crippen molar-refractivity contribution in [1.82, 2.24) is 24.8 Å². The number of hydrogen-bond donors (Lipinski definition) is 0. The molecule has 0 spiro atoms. The zero-order valence-corrected chi connectivity index (χ0v) is 18.1. The van der Waals surface area contributed by atoms with Gasteiger partial charge in [-0.3, -0.25) is 19.3 Å². The van der Waals surface area contributed by atoms with Gasteiger partial charge in [0.25, 0.3) is 0 Å². The maximum absolute atomic E-state index is 13.2. The van der Waals surface area contributed by atoms with Gasteiger partial charge in [-0.1, -0.05) is 0 Å². The SMILES string of the molecule is N#Cc1cncc([C@@H]2CCON2C(=O)C2CCC(Cn3cc4cc(C#N)cnc4n3)CC2)c1. The fourth-order valence-electron chi connectivity index (χ4n) is 4.85. The van der Waals surface area contributed by atoms with Gasteiger partial charge in [0.05, 0.1) is 23.8 Å². The number of rotatable bonds is 4. The number of fused-ring (bicyclic) bond motifs is 1. The summed E-state index contributed by atoms with van der Waals surface area (Å²) in [6, 6.07) is 7.60. The summed E-state index contributed by atoms with van der Waals surface area (Å²) in [5, 5.41) is 25.1. The molecule has 1 saturated heterocycles. The zero-order chi connectivity index (χ0) is 22.8. The first-order chi connectivity index (χ1) is 16.1. The van der Waals surface area contributed by atoms with Gasteiger partial charge in [-0.05, 0) is 49.3 Å². The highest BCUT2D eigenvalue weighted by Crippen LogP contribution is 2.36. The third-order valence-electron chi connectivity index (χ3n) is 6.57. The smallest absolute Gasteiger partial charge is 0.249 e. The fraction of sp³-hybridized carbons (Fsp3) is 0.417. The summed E-state index contributed by atoms with van der Waals surface area (Å²) in [4.78, 5) is 27.3. The van der Waals surface area contributed by atoms with Crippen LogP contribution in [0.15, 0.2) is 36.9 Å². The summed E-state index contributed by atoms with van der Waals surface area (Å²) in [6.45, 7) is 1.26. The Balaban J connectivity index is 1.20. The van der Waals surface area contributed by atoms with Crippen LogP contribution < -0.4 is 0 Å². The summed E-state index contributed by atoms with van der Waals surface area (Å²) in [5.74, 6) is 0.396. The maximum Gasteiger partial charge on any atom is 0.249 e. The van der Waals surface area contributed by atoms with Crippen LogP contribution in [0.5, 0.6) is 0 Å². The molecule has 9 nitrogen and oxygen atoms in total. The number of pyridine rings is 2. The monoisotopic (exact) mass is 441 g/mol. The largest absolute Gasteiger partial charge is 0.272 e. The van der Waals surface area contributed by atoms with Crippen LogP contribution in [0, 0.1) is 34.5 Å². The number of nitriles is 2. The van der Waals surface area contributed by atoms with E-state index in [1.54, 1.807) is 18.3 Å². The summed E-state index contributed by atoms with van der Waals surface area (Å²) in [6.07, 6.45) is 10.9. The van der Waals surface area contributed by atoms with Crippen LogP contribution in [-0.2, 0) is 16.2 Å². The highest BCUT2D eigenvalue weighted by molar-refractivity contribution is 5.78. The molecule has 1 saturated carbocycles. The van der Waals surface area contributed by atoms with Crippen LogP contribution in [0.4, 0.5) is 0 Å². The van der Waals surface area contributed by atoms with Gasteiger partial charge >= 0.3 is 0 Å². The topological polar surface area (TPSA) is 121 Å². The lowest BCUT2D eigenvalue weighted by molar-refractivity contribution is -0.183. The van der Waals surface area contributed by atoms with E-state index in [4.69, 9.17) is 15.4 Å². The van der Waals surface area contributed by atoms with E-state index >= 15 is 0 Å². The van der Waals surface area contributed by atoms with E-state index in [0.717, 1.165) is 43.2 Å². The van der Waals surface area contributed by atoms with E-state index in [9.17, 15) is 4.79 Å². The molecule has 2 fully saturated rings. The van der Waals surface area contributed by atoms with Gasteiger partial charge < -0.3 is 0 Å². The van der Waals surface area contributed by atoms with Crippen LogP contribution in [-0.4, -0.2) is 37.3 Å². The van der Waals surface area contributed by atoms with Crippen molar-refractivity contribution in [2.24, 2.45) is 11.8 Å². The molecule has 33 heavy (non-hydrogen) atoms. The predicted octanol–water partition coefficient (Wildman–Crippen LogP) is 3.28. The van der Waals surface area contributed by atoms with Gasteiger partial charge in [-0.25, -0.2) is 10.0 Å². The molecule has 4 heterocycles. The van der Waals surface area contributed by atoms with Crippen LogP contribution in [0.25, 0.3) is 11.0 Å². The molecule has 3 aromatic heterocycles. The Bertz CT molecular complexity index is 1260. The van der Waals surface area contributed by atoms with Crippen LogP contribution >= 0.6 is 0 Å². The van der Waals surface area contributed by atoms with Gasteiger partial charge in [0.15, 0.2) is 5.65 Å². The predicted molar refractivity (Wildman–Crippen MR) is 117 cm³/mol. The average Bonchev–Trinajstić information content (AvgIpc) is 3.50. The van der Waals surface area contributed by atoms with E-state index in [1.165, 1.54) is 17.5 Å². The molecule has 0 bridgehead atoms. The average molecular weight is 441 g/mol. The molecule has 0 radical (unpaired) electrons. The number of amides is 1. The summed E-state index contributed by atoms with van der Waals surface area (Å²) < 4.78 is 1.90. The molecule has 3 aromatic rings. The van der Waals surface area contributed by atoms with Gasteiger partial charge in [0, 0.05) is 49.1 Å². The number of carbonyl (C=O) groups is 1. The molecular weight excluding hydrogens is 418 g/mol. The Hall–Kier alpha value is -3.82. The molecule has 5 rings (SSSR count). The molecule has 1 amide bonds. The van der Waals surface area contributed by atoms with Crippen molar-refractivity contribution in [3.63, 3.8) is 0 Å².